The van der Waals surface area contributed by atoms with Crippen molar-refractivity contribution in [3.8, 4) is 11.5 Å². The molecule has 0 unspecified atom stereocenters. The summed E-state index contributed by atoms with van der Waals surface area (Å²) in [6, 6.07) is 11.5. The lowest BCUT2D eigenvalue weighted by molar-refractivity contribution is 0.100. The summed E-state index contributed by atoms with van der Waals surface area (Å²) in [5.41, 5.74) is 9.48. The lowest BCUT2D eigenvalue weighted by Crippen LogP contribution is -2.14. The highest BCUT2D eigenvalue weighted by Gasteiger charge is 2.21. The lowest BCUT2D eigenvalue weighted by atomic mass is 10.1. The summed E-state index contributed by atoms with van der Waals surface area (Å²) in [5.74, 6) is 0.132. The number of furan rings is 1. The molecule has 0 saturated heterocycles. The van der Waals surface area contributed by atoms with Crippen LogP contribution in [-0.4, -0.2) is 10.9 Å². The summed E-state index contributed by atoms with van der Waals surface area (Å²) in [7, 11) is 0. The molecule has 104 valence electrons. The van der Waals surface area contributed by atoms with E-state index in [1.165, 1.54) is 0 Å². The van der Waals surface area contributed by atoms with Crippen LogP contribution in [-0.2, 0) is 12.8 Å². The van der Waals surface area contributed by atoms with Gasteiger partial charge in [-0.2, -0.15) is 0 Å². The van der Waals surface area contributed by atoms with Crippen LogP contribution in [0.5, 0.6) is 0 Å². The zero-order valence-electron chi connectivity index (χ0n) is 11.4. The van der Waals surface area contributed by atoms with Gasteiger partial charge in [-0.3, -0.25) is 4.79 Å². The number of carbonyl (C=O) groups excluding carboxylic acids is 1. The first-order valence-electron chi connectivity index (χ1n) is 7.04. The van der Waals surface area contributed by atoms with Gasteiger partial charge in [0.05, 0.1) is 5.56 Å². The van der Waals surface area contributed by atoms with E-state index < -0.39 is 5.91 Å². The summed E-state index contributed by atoms with van der Waals surface area (Å²) in [5, 5.41) is 0.991. The number of pyridine rings is 1. The number of benzene rings is 1. The Labute approximate surface area is 121 Å². The normalized spacial score (nSPS) is 13.5. The van der Waals surface area contributed by atoms with E-state index in [0.29, 0.717) is 17.0 Å². The second-order valence-corrected chi connectivity index (χ2v) is 5.36. The number of carbonyl (C=O) groups is 1. The zero-order valence-corrected chi connectivity index (χ0v) is 11.4. The molecule has 21 heavy (non-hydrogen) atoms. The van der Waals surface area contributed by atoms with Crippen molar-refractivity contribution in [3.05, 3.63) is 53.2 Å². The molecular weight excluding hydrogens is 264 g/mol. The SMILES string of the molecule is NC(=O)c1cc2c(nc1-c1cc3ccccc3o1)CCC2. The number of nitrogens with zero attached hydrogens (tertiary/aromatic N) is 1. The number of hydrogen-bond acceptors (Lipinski definition) is 3. The molecule has 3 aromatic rings. The Morgan fingerprint density at radius 2 is 2.05 bits per heavy atom. The van der Waals surface area contributed by atoms with Gasteiger partial charge >= 0.3 is 0 Å². The van der Waals surface area contributed by atoms with Crippen LogP contribution in [0, 0.1) is 0 Å². The number of aromatic nitrogens is 1. The Morgan fingerprint density at radius 1 is 1.19 bits per heavy atom. The molecule has 2 heterocycles. The van der Waals surface area contributed by atoms with Crippen LogP contribution in [0.25, 0.3) is 22.4 Å². The van der Waals surface area contributed by atoms with E-state index in [4.69, 9.17) is 10.2 Å². The van der Waals surface area contributed by atoms with Gasteiger partial charge in [-0.25, -0.2) is 4.98 Å². The third-order valence-electron chi connectivity index (χ3n) is 3.98. The Kier molecular flexibility index (Phi) is 2.57. The predicted octanol–water partition coefficient (Wildman–Crippen LogP) is 3.08. The molecule has 0 radical (unpaired) electrons. The smallest absolute Gasteiger partial charge is 0.251 e. The third kappa shape index (κ3) is 1.91. The van der Waals surface area contributed by atoms with Crippen molar-refractivity contribution in [1.29, 1.82) is 0 Å². The Bertz CT molecular complexity index is 831. The van der Waals surface area contributed by atoms with E-state index in [-0.39, 0.29) is 0 Å². The summed E-state index contributed by atoms with van der Waals surface area (Å²) >= 11 is 0. The topological polar surface area (TPSA) is 69.1 Å². The molecule has 4 rings (SSSR count). The van der Waals surface area contributed by atoms with Crippen LogP contribution in [0.3, 0.4) is 0 Å². The van der Waals surface area contributed by atoms with Crippen LogP contribution in [0.2, 0.25) is 0 Å². The monoisotopic (exact) mass is 278 g/mol. The maximum absolute atomic E-state index is 11.8. The van der Waals surface area contributed by atoms with Crippen LogP contribution in [0.1, 0.15) is 28.0 Å². The third-order valence-corrected chi connectivity index (χ3v) is 3.98. The number of hydrogen-bond donors (Lipinski definition) is 1. The van der Waals surface area contributed by atoms with E-state index in [1.54, 1.807) is 0 Å². The van der Waals surface area contributed by atoms with Gasteiger partial charge in [0.15, 0.2) is 5.76 Å². The fourth-order valence-electron chi connectivity index (χ4n) is 2.95. The molecule has 0 spiro atoms. The minimum atomic E-state index is -0.465. The number of amides is 1. The molecule has 0 fully saturated rings. The first-order chi connectivity index (χ1) is 10.2. The van der Waals surface area contributed by atoms with Gasteiger partial charge in [0.1, 0.15) is 11.3 Å². The highest BCUT2D eigenvalue weighted by atomic mass is 16.3. The fraction of sp³-hybridized carbons (Fsp3) is 0.176. The van der Waals surface area contributed by atoms with Gasteiger partial charge < -0.3 is 10.2 Å². The van der Waals surface area contributed by atoms with Gasteiger partial charge in [-0.05, 0) is 43.0 Å². The molecule has 2 aromatic heterocycles. The molecule has 0 saturated carbocycles. The first kappa shape index (κ1) is 12.1. The van der Waals surface area contributed by atoms with Crippen molar-refractivity contribution in [2.45, 2.75) is 19.3 Å². The quantitative estimate of drug-likeness (QED) is 0.783. The molecule has 0 aliphatic heterocycles. The highest BCUT2D eigenvalue weighted by molar-refractivity contribution is 5.99. The van der Waals surface area contributed by atoms with Crippen molar-refractivity contribution in [2.75, 3.05) is 0 Å². The molecule has 0 bridgehead atoms. The van der Waals surface area contributed by atoms with Crippen LogP contribution in [0.4, 0.5) is 0 Å². The standard InChI is InChI=1S/C17H14N2O2/c18-17(20)12-8-10-5-3-6-13(10)19-16(12)15-9-11-4-1-2-7-14(11)21-15/h1-2,4,7-9H,3,5-6H2,(H2,18,20). The molecular formula is C17H14N2O2. The van der Waals surface area contributed by atoms with E-state index in [0.717, 1.165) is 41.5 Å². The lowest BCUT2D eigenvalue weighted by Gasteiger charge is -2.07. The summed E-state index contributed by atoms with van der Waals surface area (Å²) in [6.45, 7) is 0. The highest BCUT2D eigenvalue weighted by Crippen LogP contribution is 2.32. The molecule has 4 nitrogen and oxygen atoms in total. The fourth-order valence-corrected chi connectivity index (χ4v) is 2.95. The first-order valence-corrected chi connectivity index (χ1v) is 7.04. The van der Waals surface area contributed by atoms with E-state index in [9.17, 15) is 4.79 Å². The molecule has 1 aliphatic carbocycles. The zero-order chi connectivity index (χ0) is 14.4. The van der Waals surface area contributed by atoms with Crippen molar-refractivity contribution >= 4 is 16.9 Å². The molecule has 1 aliphatic rings. The van der Waals surface area contributed by atoms with E-state index in [1.807, 2.05) is 36.4 Å². The Morgan fingerprint density at radius 3 is 2.86 bits per heavy atom. The molecule has 1 amide bonds. The van der Waals surface area contributed by atoms with Crippen LogP contribution >= 0.6 is 0 Å². The minimum absolute atomic E-state index is 0.440. The molecule has 1 aromatic carbocycles. The maximum Gasteiger partial charge on any atom is 0.251 e. The van der Waals surface area contributed by atoms with Gasteiger partial charge in [-0.1, -0.05) is 18.2 Å². The number of primary amides is 1. The van der Waals surface area contributed by atoms with Crippen LogP contribution in [0.15, 0.2) is 40.8 Å². The second-order valence-electron chi connectivity index (χ2n) is 5.36. The Balaban J connectivity index is 1.96. The average Bonchev–Trinajstić information content (AvgIpc) is 3.11. The van der Waals surface area contributed by atoms with E-state index >= 15 is 0 Å². The van der Waals surface area contributed by atoms with Crippen LogP contribution < -0.4 is 5.73 Å². The minimum Gasteiger partial charge on any atom is -0.454 e. The maximum atomic E-state index is 11.8. The Hall–Kier alpha value is -2.62. The average molecular weight is 278 g/mol. The summed E-state index contributed by atoms with van der Waals surface area (Å²) < 4.78 is 5.83. The number of rotatable bonds is 2. The second kappa shape index (κ2) is 4.45. The number of nitrogens with two attached hydrogens (primary N) is 1. The molecule has 4 heteroatoms. The largest absolute Gasteiger partial charge is 0.454 e. The van der Waals surface area contributed by atoms with Crippen molar-refractivity contribution in [1.82, 2.24) is 4.98 Å². The number of fused-ring (bicyclic) bond motifs is 2. The van der Waals surface area contributed by atoms with Crippen molar-refractivity contribution < 1.29 is 9.21 Å². The van der Waals surface area contributed by atoms with Gasteiger partial charge in [0.2, 0.25) is 0 Å². The number of para-hydroxylation sites is 1. The molecule has 0 atom stereocenters. The predicted molar refractivity (Wildman–Crippen MR) is 80.0 cm³/mol. The van der Waals surface area contributed by atoms with Gasteiger partial charge in [0.25, 0.3) is 5.91 Å². The molecule has 2 N–H and O–H groups in total. The van der Waals surface area contributed by atoms with Gasteiger partial charge in [0, 0.05) is 11.1 Å². The number of aryl methyl sites for hydroxylation is 2. The summed E-state index contributed by atoms with van der Waals surface area (Å²) in [4.78, 5) is 16.4. The van der Waals surface area contributed by atoms with Crippen molar-refractivity contribution in [2.24, 2.45) is 5.73 Å². The van der Waals surface area contributed by atoms with Crippen molar-refractivity contribution in [3.63, 3.8) is 0 Å². The summed E-state index contributed by atoms with van der Waals surface area (Å²) in [6.07, 6.45) is 2.98. The van der Waals surface area contributed by atoms with Gasteiger partial charge in [-0.15, -0.1) is 0 Å². The van der Waals surface area contributed by atoms with E-state index in [2.05, 4.69) is 4.98 Å².